The van der Waals surface area contributed by atoms with E-state index in [1.54, 1.807) is 36.4 Å². The maximum Gasteiger partial charge on any atom is 0.266 e. The molecule has 200 valence electrons. The molecule has 0 aromatic heterocycles. The highest BCUT2D eigenvalue weighted by atomic mass is 35.5. The van der Waals surface area contributed by atoms with E-state index in [2.05, 4.69) is 38.2 Å². The number of nitrogens with zero attached hydrogens (tertiary/aromatic N) is 1. The summed E-state index contributed by atoms with van der Waals surface area (Å²) in [7, 11) is 0. The number of aliphatic hydroxyl groups is 1. The van der Waals surface area contributed by atoms with Crippen LogP contribution in [0.3, 0.4) is 0 Å². The van der Waals surface area contributed by atoms with Gasteiger partial charge < -0.3 is 14.6 Å². The Morgan fingerprint density at radius 2 is 1.97 bits per heavy atom. The van der Waals surface area contributed by atoms with E-state index >= 15 is 0 Å². The van der Waals surface area contributed by atoms with Crippen LogP contribution >= 0.6 is 23.2 Å². The van der Waals surface area contributed by atoms with Crippen molar-refractivity contribution in [2.75, 3.05) is 19.8 Å². The van der Waals surface area contributed by atoms with Crippen molar-refractivity contribution in [3.8, 4) is 5.75 Å². The summed E-state index contributed by atoms with van der Waals surface area (Å²) in [4.78, 5) is 18.5. The van der Waals surface area contributed by atoms with Crippen LogP contribution in [0.15, 0.2) is 60.1 Å². The van der Waals surface area contributed by atoms with E-state index in [-0.39, 0.29) is 24.3 Å². The molecule has 3 rings (SSSR count). The largest absolute Gasteiger partial charge is 0.494 e. The minimum atomic E-state index is -1.35. The van der Waals surface area contributed by atoms with E-state index < -0.39 is 11.6 Å². The molecule has 2 aromatic rings. The van der Waals surface area contributed by atoms with Gasteiger partial charge in [0.25, 0.3) is 5.91 Å². The number of hydrogen-bond donors (Lipinski definition) is 3. The molecular formula is C28H35Cl2N3O4. The molecule has 2 aromatic carbocycles. The number of halogens is 2. The molecule has 9 heteroatoms. The fraction of sp³-hybridized carbons (Fsp3) is 0.429. The number of rotatable bonds is 12. The number of benzene rings is 2. The van der Waals surface area contributed by atoms with Gasteiger partial charge in [-0.1, -0.05) is 56.1 Å². The Balaban J connectivity index is 1.94. The minimum absolute atomic E-state index is 0.0654. The van der Waals surface area contributed by atoms with Gasteiger partial charge in [-0.2, -0.15) is 0 Å². The smallest absolute Gasteiger partial charge is 0.266 e. The van der Waals surface area contributed by atoms with Gasteiger partial charge in [-0.3, -0.25) is 10.2 Å². The summed E-state index contributed by atoms with van der Waals surface area (Å²) in [6.07, 6.45) is 2.47. The van der Waals surface area contributed by atoms with Crippen LogP contribution in [-0.4, -0.2) is 42.2 Å². The average molecular weight is 549 g/mol. The van der Waals surface area contributed by atoms with Gasteiger partial charge in [0, 0.05) is 47.2 Å². The zero-order chi connectivity index (χ0) is 27.1. The Bertz CT molecular complexity index is 1120. The first kappa shape index (κ1) is 29.0. The van der Waals surface area contributed by atoms with Crippen molar-refractivity contribution in [2.24, 2.45) is 10.4 Å². The number of aliphatic imine (C=N–C) groups is 1. The zero-order valence-corrected chi connectivity index (χ0v) is 23.0. The highest BCUT2D eigenvalue weighted by Gasteiger charge is 2.53. The third kappa shape index (κ3) is 7.48. The highest BCUT2D eigenvalue weighted by molar-refractivity contribution is 6.35. The normalized spacial score (nSPS) is 19.2. The lowest BCUT2D eigenvalue weighted by Crippen LogP contribution is -2.52. The van der Waals surface area contributed by atoms with Crippen LogP contribution in [0.25, 0.3) is 0 Å². The molecular weight excluding hydrogens is 513 g/mol. The number of carbonyl (C=O) groups excluding carboxylic acids is 1. The Morgan fingerprint density at radius 1 is 1.24 bits per heavy atom. The second-order valence-corrected chi connectivity index (χ2v) is 11.0. The lowest BCUT2D eigenvalue weighted by molar-refractivity contribution is -0.129. The molecule has 0 saturated heterocycles. The van der Waals surface area contributed by atoms with Crippen LogP contribution in [0.2, 0.25) is 10.0 Å². The molecule has 0 fully saturated rings. The fourth-order valence-corrected chi connectivity index (χ4v) is 4.42. The maximum absolute atomic E-state index is 13.7. The van der Waals surface area contributed by atoms with Crippen LogP contribution < -0.4 is 15.6 Å². The Labute approximate surface area is 228 Å². The second kappa shape index (κ2) is 12.8. The maximum atomic E-state index is 13.7. The summed E-state index contributed by atoms with van der Waals surface area (Å²) in [5.74, 6) is 0.618. The molecule has 0 radical (unpaired) electrons. The molecule has 1 heterocycles. The molecule has 3 N–H and O–H groups in total. The predicted molar refractivity (Wildman–Crippen MR) is 148 cm³/mol. The Morgan fingerprint density at radius 3 is 2.59 bits per heavy atom. The first-order valence-electron chi connectivity index (χ1n) is 12.3. The van der Waals surface area contributed by atoms with E-state index in [4.69, 9.17) is 42.8 Å². The van der Waals surface area contributed by atoms with Crippen LogP contribution in [0.5, 0.6) is 5.75 Å². The average Bonchev–Trinajstić information content (AvgIpc) is 3.22. The van der Waals surface area contributed by atoms with E-state index in [1.807, 2.05) is 12.1 Å². The molecule has 0 bridgehead atoms. The van der Waals surface area contributed by atoms with E-state index in [1.165, 1.54) is 0 Å². The van der Waals surface area contributed by atoms with Gasteiger partial charge >= 0.3 is 0 Å². The standard InChI is InChI=1S/C28H35Cl2N3O4/c1-5-13-28(26(35)33-31-15-14-27(2,3)4)24(22-12-9-20(29)18-23(22)30)37-25(32-28)19-7-10-21(11-8-19)36-17-6-16-34/h5,7-12,18,24,31,34H,1,6,13-17H2,2-4H3,(H,33,35)/t24-,28-/m0/s1. The molecule has 1 aliphatic heterocycles. The van der Waals surface area contributed by atoms with E-state index in [0.717, 1.165) is 6.42 Å². The third-order valence-electron chi connectivity index (χ3n) is 5.93. The van der Waals surface area contributed by atoms with Gasteiger partial charge in [0.05, 0.1) is 6.61 Å². The van der Waals surface area contributed by atoms with Gasteiger partial charge in [-0.05, 0) is 48.2 Å². The van der Waals surface area contributed by atoms with E-state index in [0.29, 0.717) is 52.4 Å². The fourth-order valence-electron chi connectivity index (χ4n) is 3.91. The van der Waals surface area contributed by atoms with Crippen LogP contribution in [0, 0.1) is 5.41 Å². The molecule has 37 heavy (non-hydrogen) atoms. The predicted octanol–water partition coefficient (Wildman–Crippen LogP) is 5.64. The first-order valence-corrected chi connectivity index (χ1v) is 13.0. The number of hydrogen-bond acceptors (Lipinski definition) is 6. The van der Waals surface area contributed by atoms with Crippen molar-refractivity contribution < 1.29 is 19.4 Å². The van der Waals surface area contributed by atoms with Crippen LogP contribution in [0.4, 0.5) is 0 Å². The van der Waals surface area contributed by atoms with Gasteiger partial charge in [0.15, 0.2) is 11.6 Å². The second-order valence-electron chi connectivity index (χ2n) is 10.1. The molecule has 0 aliphatic carbocycles. The molecule has 0 unspecified atom stereocenters. The van der Waals surface area contributed by atoms with Crippen molar-refractivity contribution in [1.29, 1.82) is 0 Å². The van der Waals surface area contributed by atoms with Gasteiger partial charge in [-0.25, -0.2) is 10.4 Å². The first-order chi connectivity index (χ1) is 17.6. The number of nitrogens with one attached hydrogen (secondary N) is 2. The van der Waals surface area contributed by atoms with Gasteiger partial charge in [0.2, 0.25) is 5.90 Å². The van der Waals surface area contributed by atoms with Crippen molar-refractivity contribution in [1.82, 2.24) is 10.9 Å². The Hall–Kier alpha value is -2.58. The van der Waals surface area contributed by atoms with Crippen molar-refractivity contribution in [3.63, 3.8) is 0 Å². The van der Waals surface area contributed by atoms with E-state index in [9.17, 15) is 4.79 Å². The molecule has 0 spiro atoms. The number of hydrazine groups is 1. The molecule has 1 amide bonds. The molecule has 1 aliphatic rings. The summed E-state index contributed by atoms with van der Waals surface area (Å²) in [5.41, 5.74) is 5.92. The van der Waals surface area contributed by atoms with Crippen LogP contribution in [-0.2, 0) is 9.53 Å². The molecule has 7 nitrogen and oxygen atoms in total. The third-order valence-corrected chi connectivity index (χ3v) is 6.49. The minimum Gasteiger partial charge on any atom is -0.494 e. The van der Waals surface area contributed by atoms with Crippen molar-refractivity contribution in [2.45, 2.75) is 51.7 Å². The zero-order valence-electron chi connectivity index (χ0n) is 21.5. The SMILES string of the molecule is C=CC[C@]1(C(=O)NNCCC(C)(C)C)N=C(c2ccc(OCCCO)cc2)O[C@H]1c1ccc(Cl)cc1Cl. The molecule has 0 saturated carbocycles. The summed E-state index contributed by atoms with van der Waals surface area (Å²) >= 11 is 12.7. The van der Waals surface area contributed by atoms with Gasteiger partial charge in [0.1, 0.15) is 5.75 Å². The number of amides is 1. The number of ether oxygens (including phenoxy) is 2. The summed E-state index contributed by atoms with van der Waals surface area (Å²) in [5, 5.41) is 9.81. The topological polar surface area (TPSA) is 92.2 Å². The van der Waals surface area contributed by atoms with Gasteiger partial charge in [-0.15, -0.1) is 6.58 Å². The Kier molecular flexibility index (Phi) is 10.0. The number of carbonyl (C=O) groups is 1. The van der Waals surface area contributed by atoms with Crippen molar-refractivity contribution in [3.05, 3.63) is 76.3 Å². The number of aliphatic hydroxyl groups excluding tert-OH is 1. The molecule has 2 atom stereocenters. The summed E-state index contributed by atoms with van der Waals surface area (Å²) in [6, 6.07) is 12.3. The highest BCUT2D eigenvalue weighted by Crippen LogP contribution is 2.45. The lowest BCUT2D eigenvalue weighted by Gasteiger charge is -2.30. The summed E-state index contributed by atoms with van der Waals surface area (Å²) in [6.45, 7) is 11.4. The van der Waals surface area contributed by atoms with Crippen molar-refractivity contribution >= 4 is 35.0 Å². The quantitative estimate of drug-likeness (QED) is 0.181. The lowest BCUT2D eigenvalue weighted by atomic mass is 9.84. The monoisotopic (exact) mass is 547 g/mol. The summed E-state index contributed by atoms with van der Waals surface area (Å²) < 4.78 is 12.0. The van der Waals surface area contributed by atoms with Crippen LogP contribution in [0.1, 0.15) is 57.3 Å².